The first-order chi connectivity index (χ1) is 8.33. The van der Waals surface area contributed by atoms with Crippen molar-refractivity contribution in [2.24, 2.45) is 5.92 Å². The van der Waals surface area contributed by atoms with E-state index in [2.05, 4.69) is 12.2 Å². The topological polar surface area (TPSA) is 32.3 Å². The summed E-state index contributed by atoms with van der Waals surface area (Å²) in [7, 11) is 0. The second-order valence-electron chi connectivity index (χ2n) is 5.65. The van der Waals surface area contributed by atoms with Gasteiger partial charge in [0.2, 0.25) is 0 Å². The Morgan fingerprint density at radius 3 is 2.29 bits per heavy atom. The molecule has 17 heavy (non-hydrogen) atoms. The fraction of sp³-hybridized carbons (Fsp3) is 1.00. The van der Waals surface area contributed by atoms with Crippen molar-refractivity contribution in [3.05, 3.63) is 0 Å². The van der Waals surface area contributed by atoms with Gasteiger partial charge in [0.1, 0.15) is 0 Å². The van der Waals surface area contributed by atoms with Gasteiger partial charge >= 0.3 is 0 Å². The second-order valence-corrected chi connectivity index (χ2v) is 5.65. The minimum atomic E-state index is -0.00943. The van der Waals surface area contributed by atoms with Crippen molar-refractivity contribution in [2.75, 3.05) is 13.1 Å². The van der Waals surface area contributed by atoms with Gasteiger partial charge in [0.15, 0.2) is 0 Å². The molecule has 0 spiro atoms. The predicted molar refractivity (Wildman–Crippen MR) is 74.2 cm³/mol. The first kappa shape index (κ1) is 15.0. The van der Waals surface area contributed by atoms with Crippen LogP contribution >= 0.6 is 0 Å². The lowest BCUT2D eigenvalue weighted by molar-refractivity contribution is 0.108. The average molecular weight is 241 g/mol. The van der Waals surface area contributed by atoms with E-state index in [-0.39, 0.29) is 6.10 Å². The number of aliphatic hydroxyl groups excluding tert-OH is 1. The zero-order valence-electron chi connectivity index (χ0n) is 11.6. The highest BCUT2D eigenvalue weighted by atomic mass is 16.3. The van der Waals surface area contributed by atoms with Gasteiger partial charge in [0.25, 0.3) is 0 Å². The SMILES string of the molecule is CCCCCCCCNCC1CCC(O)CC1. The molecule has 0 aromatic rings. The number of hydrogen-bond donors (Lipinski definition) is 2. The summed E-state index contributed by atoms with van der Waals surface area (Å²) in [5.41, 5.74) is 0. The Morgan fingerprint density at radius 1 is 0.941 bits per heavy atom. The summed E-state index contributed by atoms with van der Waals surface area (Å²) >= 11 is 0. The quantitative estimate of drug-likeness (QED) is 0.606. The molecule has 1 fully saturated rings. The molecule has 0 aromatic carbocycles. The molecule has 0 heterocycles. The van der Waals surface area contributed by atoms with Crippen molar-refractivity contribution >= 4 is 0 Å². The third-order valence-corrected chi connectivity index (χ3v) is 3.96. The van der Waals surface area contributed by atoms with Crippen LogP contribution in [0.25, 0.3) is 0 Å². The molecule has 1 aliphatic carbocycles. The molecule has 102 valence electrons. The van der Waals surface area contributed by atoms with E-state index in [1.165, 1.54) is 64.5 Å². The van der Waals surface area contributed by atoms with E-state index in [9.17, 15) is 5.11 Å². The van der Waals surface area contributed by atoms with Gasteiger partial charge in [-0.15, -0.1) is 0 Å². The van der Waals surface area contributed by atoms with Crippen molar-refractivity contribution < 1.29 is 5.11 Å². The standard InChI is InChI=1S/C15H31NO/c1-2-3-4-5-6-7-12-16-13-14-8-10-15(17)11-9-14/h14-17H,2-13H2,1H3. The van der Waals surface area contributed by atoms with Gasteiger partial charge in [-0.05, 0) is 51.1 Å². The Bertz CT molecular complexity index is 164. The second kappa shape index (κ2) is 9.90. The third-order valence-electron chi connectivity index (χ3n) is 3.96. The van der Waals surface area contributed by atoms with E-state index in [1.807, 2.05) is 0 Å². The molecule has 1 rings (SSSR count). The van der Waals surface area contributed by atoms with Crippen LogP contribution in [-0.4, -0.2) is 24.3 Å². The smallest absolute Gasteiger partial charge is 0.0540 e. The molecule has 0 aromatic heterocycles. The van der Waals surface area contributed by atoms with Crippen molar-refractivity contribution in [3.8, 4) is 0 Å². The lowest BCUT2D eigenvalue weighted by Gasteiger charge is -2.25. The minimum Gasteiger partial charge on any atom is -0.393 e. The van der Waals surface area contributed by atoms with E-state index in [0.717, 1.165) is 18.8 Å². The normalized spacial score (nSPS) is 25.1. The van der Waals surface area contributed by atoms with Crippen LogP contribution in [0.5, 0.6) is 0 Å². The summed E-state index contributed by atoms with van der Waals surface area (Å²) in [5, 5.41) is 13.0. The fourth-order valence-electron chi connectivity index (χ4n) is 2.69. The maximum Gasteiger partial charge on any atom is 0.0540 e. The van der Waals surface area contributed by atoms with Crippen LogP contribution in [0, 0.1) is 5.92 Å². The number of nitrogens with one attached hydrogen (secondary N) is 1. The first-order valence-electron chi connectivity index (χ1n) is 7.71. The van der Waals surface area contributed by atoms with Crippen molar-refractivity contribution in [2.45, 2.75) is 77.2 Å². The van der Waals surface area contributed by atoms with Gasteiger partial charge in [-0.3, -0.25) is 0 Å². The van der Waals surface area contributed by atoms with E-state index >= 15 is 0 Å². The first-order valence-corrected chi connectivity index (χ1v) is 7.71. The molecule has 2 heteroatoms. The maximum atomic E-state index is 9.42. The fourth-order valence-corrected chi connectivity index (χ4v) is 2.69. The summed E-state index contributed by atoms with van der Waals surface area (Å²) in [6, 6.07) is 0. The van der Waals surface area contributed by atoms with Gasteiger partial charge < -0.3 is 10.4 Å². The van der Waals surface area contributed by atoms with Crippen molar-refractivity contribution in [3.63, 3.8) is 0 Å². The summed E-state index contributed by atoms with van der Waals surface area (Å²) in [5.74, 6) is 0.818. The molecule has 0 amide bonds. The maximum absolute atomic E-state index is 9.42. The van der Waals surface area contributed by atoms with E-state index in [4.69, 9.17) is 0 Å². The molecule has 1 saturated carbocycles. The minimum absolute atomic E-state index is 0.00943. The summed E-state index contributed by atoms with van der Waals surface area (Å²) in [6.45, 7) is 4.62. The predicted octanol–water partition coefficient (Wildman–Crippen LogP) is 3.49. The van der Waals surface area contributed by atoms with Crippen LogP contribution in [-0.2, 0) is 0 Å². The molecule has 0 saturated heterocycles. The van der Waals surface area contributed by atoms with Gasteiger partial charge in [-0.25, -0.2) is 0 Å². The zero-order valence-corrected chi connectivity index (χ0v) is 11.6. The lowest BCUT2D eigenvalue weighted by Crippen LogP contribution is -2.28. The monoisotopic (exact) mass is 241 g/mol. The van der Waals surface area contributed by atoms with Crippen LogP contribution in [0.1, 0.15) is 71.1 Å². The van der Waals surface area contributed by atoms with E-state index in [0.29, 0.717) is 0 Å². The number of hydrogen-bond acceptors (Lipinski definition) is 2. The van der Waals surface area contributed by atoms with Crippen LogP contribution in [0.15, 0.2) is 0 Å². The molecular formula is C15H31NO. The molecule has 2 nitrogen and oxygen atoms in total. The molecule has 0 unspecified atom stereocenters. The van der Waals surface area contributed by atoms with Gasteiger partial charge in [-0.1, -0.05) is 39.0 Å². The Kier molecular flexibility index (Phi) is 8.72. The zero-order chi connectivity index (χ0) is 12.3. The highest BCUT2D eigenvalue weighted by Crippen LogP contribution is 2.23. The van der Waals surface area contributed by atoms with Gasteiger partial charge in [0.05, 0.1) is 6.10 Å². The highest BCUT2D eigenvalue weighted by molar-refractivity contribution is 4.72. The number of aliphatic hydroxyl groups is 1. The Morgan fingerprint density at radius 2 is 1.59 bits per heavy atom. The molecule has 0 atom stereocenters. The molecular weight excluding hydrogens is 210 g/mol. The summed E-state index contributed by atoms with van der Waals surface area (Å²) in [4.78, 5) is 0. The number of rotatable bonds is 9. The highest BCUT2D eigenvalue weighted by Gasteiger charge is 2.18. The number of unbranched alkanes of at least 4 members (excludes halogenated alkanes) is 5. The molecule has 1 aliphatic rings. The van der Waals surface area contributed by atoms with Gasteiger partial charge in [-0.2, -0.15) is 0 Å². The van der Waals surface area contributed by atoms with Gasteiger partial charge in [0, 0.05) is 0 Å². The Hall–Kier alpha value is -0.0800. The third kappa shape index (κ3) is 7.77. The van der Waals surface area contributed by atoms with Crippen LogP contribution in [0.3, 0.4) is 0 Å². The van der Waals surface area contributed by atoms with Crippen LogP contribution < -0.4 is 5.32 Å². The van der Waals surface area contributed by atoms with E-state index < -0.39 is 0 Å². The lowest BCUT2D eigenvalue weighted by atomic mass is 9.87. The molecule has 0 bridgehead atoms. The molecule has 2 N–H and O–H groups in total. The average Bonchev–Trinajstić information content (AvgIpc) is 2.35. The van der Waals surface area contributed by atoms with Crippen molar-refractivity contribution in [1.29, 1.82) is 0 Å². The summed E-state index contributed by atoms with van der Waals surface area (Å²) in [6.07, 6.45) is 12.7. The Balaban J connectivity index is 1.81. The van der Waals surface area contributed by atoms with Crippen molar-refractivity contribution in [1.82, 2.24) is 5.32 Å². The summed E-state index contributed by atoms with van der Waals surface area (Å²) < 4.78 is 0. The van der Waals surface area contributed by atoms with Crippen LogP contribution in [0.4, 0.5) is 0 Å². The molecule has 0 radical (unpaired) electrons. The van der Waals surface area contributed by atoms with E-state index in [1.54, 1.807) is 0 Å². The van der Waals surface area contributed by atoms with Crippen LogP contribution in [0.2, 0.25) is 0 Å². The molecule has 0 aliphatic heterocycles. The largest absolute Gasteiger partial charge is 0.393 e. The Labute approximate surface area is 107 Å².